The molecular weight excluding hydrogens is 536 g/mol. The normalized spacial score (nSPS) is 16.3. The van der Waals surface area contributed by atoms with E-state index >= 15 is 0 Å². The Morgan fingerprint density at radius 1 is 1.02 bits per heavy atom. The maximum atomic E-state index is 12.2. The quantitative estimate of drug-likeness (QED) is 0.233. The number of rotatable bonds is 13. The number of anilines is 3. The van der Waals surface area contributed by atoms with Crippen molar-refractivity contribution in [3.63, 3.8) is 0 Å². The summed E-state index contributed by atoms with van der Waals surface area (Å²) >= 11 is 0. The van der Waals surface area contributed by atoms with Gasteiger partial charge >= 0.3 is 12.1 Å². The minimum Gasteiger partial charge on any atom is -0.480 e. The average molecular weight is 577 g/mol. The molecule has 0 saturated carbocycles. The first-order valence-corrected chi connectivity index (χ1v) is 14.2. The maximum Gasteiger partial charge on any atom is 0.414 e. The molecular formula is C30H40N8O4. The number of hydrogen-bond donors (Lipinski definition) is 4. The van der Waals surface area contributed by atoms with E-state index in [0.717, 1.165) is 24.1 Å². The number of carboxylic acids is 1. The van der Waals surface area contributed by atoms with Crippen LogP contribution >= 0.6 is 0 Å². The molecule has 1 aliphatic rings. The molecule has 3 aromatic rings. The van der Waals surface area contributed by atoms with Crippen LogP contribution < -0.4 is 20.7 Å². The molecule has 1 aliphatic heterocycles. The molecule has 0 radical (unpaired) electrons. The van der Waals surface area contributed by atoms with Crippen LogP contribution in [0.25, 0.3) is 0 Å². The number of carbonyl (C=O) groups is 2. The first-order valence-electron chi connectivity index (χ1n) is 14.2. The zero-order valence-electron chi connectivity index (χ0n) is 24.6. The van der Waals surface area contributed by atoms with E-state index in [2.05, 4.69) is 42.8 Å². The van der Waals surface area contributed by atoms with Gasteiger partial charge in [0, 0.05) is 33.1 Å². The van der Waals surface area contributed by atoms with Crippen molar-refractivity contribution in [2.24, 2.45) is 0 Å². The topological polar surface area (TPSA) is 145 Å². The van der Waals surface area contributed by atoms with E-state index in [4.69, 9.17) is 4.74 Å². The fourth-order valence-corrected chi connectivity index (χ4v) is 4.77. The Morgan fingerprint density at radius 3 is 2.31 bits per heavy atom. The molecule has 0 spiro atoms. The van der Waals surface area contributed by atoms with Crippen molar-refractivity contribution >= 4 is 29.9 Å². The van der Waals surface area contributed by atoms with Gasteiger partial charge in [-0.1, -0.05) is 42.5 Å². The fraction of sp³-hybridized carbons (Fsp3) is 0.433. The Labute approximate surface area is 246 Å². The standard InChI is InChI=1S/C30H40N8O4/c1-20(22-9-6-5-7-10-22)32-28-34-27(31-17-16-23-11-8-18-38(23)4)35-29(36-28)33-25(26(39)40)19-21-12-14-24(15-13-21)42-30(41)37(2)3/h5-7,9-10,12-15,20,23,25H,8,11,16-19H2,1-4H3,(H,39,40)(H3,31,32,33,34,35,36)/t20?,23?,25-/m0/s1. The van der Waals surface area contributed by atoms with Gasteiger partial charge in [0.1, 0.15) is 11.8 Å². The molecule has 1 fully saturated rings. The maximum absolute atomic E-state index is 12.2. The van der Waals surface area contributed by atoms with E-state index in [1.807, 2.05) is 37.3 Å². The first kappa shape index (κ1) is 30.5. The minimum absolute atomic E-state index is 0.0863. The van der Waals surface area contributed by atoms with Gasteiger partial charge in [-0.2, -0.15) is 15.0 Å². The summed E-state index contributed by atoms with van der Waals surface area (Å²) in [5, 5.41) is 19.6. The molecule has 1 aromatic heterocycles. The van der Waals surface area contributed by atoms with Gasteiger partial charge in [0.05, 0.1) is 6.04 Å². The molecule has 1 saturated heterocycles. The number of ether oxygens (including phenoxy) is 1. The van der Waals surface area contributed by atoms with Crippen LogP contribution in [0.15, 0.2) is 54.6 Å². The number of likely N-dealkylation sites (tertiary alicyclic amines) is 1. The summed E-state index contributed by atoms with van der Waals surface area (Å²) in [5.74, 6) is 0.173. The van der Waals surface area contributed by atoms with E-state index in [9.17, 15) is 14.7 Å². The van der Waals surface area contributed by atoms with E-state index in [0.29, 0.717) is 30.2 Å². The second-order valence-electron chi connectivity index (χ2n) is 10.7. The highest BCUT2D eigenvalue weighted by Crippen LogP contribution is 2.21. The average Bonchev–Trinajstić information content (AvgIpc) is 3.38. The number of aromatic nitrogens is 3. The molecule has 42 heavy (non-hydrogen) atoms. The molecule has 12 heteroatoms. The number of hydrogen-bond acceptors (Lipinski definition) is 10. The van der Waals surface area contributed by atoms with Crippen molar-refractivity contribution in [3.05, 3.63) is 65.7 Å². The first-order chi connectivity index (χ1) is 20.2. The van der Waals surface area contributed by atoms with Gasteiger partial charge in [0.2, 0.25) is 17.8 Å². The van der Waals surface area contributed by atoms with Crippen LogP contribution in [0.3, 0.4) is 0 Å². The summed E-state index contributed by atoms with van der Waals surface area (Å²) in [6, 6.07) is 16.1. The van der Waals surface area contributed by atoms with Crippen LogP contribution in [-0.4, -0.2) is 88.2 Å². The Hall–Kier alpha value is -4.45. The van der Waals surface area contributed by atoms with Gasteiger partial charge in [0.15, 0.2) is 0 Å². The summed E-state index contributed by atoms with van der Waals surface area (Å²) in [5.41, 5.74) is 1.80. The molecule has 0 aliphatic carbocycles. The Balaban J connectivity index is 1.48. The van der Waals surface area contributed by atoms with Crippen molar-refractivity contribution in [3.8, 4) is 5.75 Å². The third-order valence-corrected chi connectivity index (χ3v) is 7.25. The van der Waals surface area contributed by atoms with Crippen molar-refractivity contribution < 1.29 is 19.4 Å². The smallest absolute Gasteiger partial charge is 0.414 e. The highest BCUT2D eigenvalue weighted by atomic mass is 16.6. The molecule has 12 nitrogen and oxygen atoms in total. The lowest BCUT2D eigenvalue weighted by molar-refractivity contribution is -0.137. The van der Waals surface area contributed by atoms with Crippen LogP contribution in [0.1, 0.15) is 43.4 Å². The zero-order chi connectivity index (χ0) is 30.1. The summed E-state index contributed by atoms with van der Waals surface area (Å²) in [7, 11) is 5.34. The summed E-state index contributed by atoms with van der Waals surface area (Å²) in [6.45, 7) is 3.80. The Morgan fingerprint density at radius 2 is 1.69 bits per heavy atom. The molecule has 1 amide bonds. The van der Waals surface area contributed by atoms with E-state index in [-0.39, 0.29) is 18.4 Å². The van der Waals surface area contributed by atoms with Crippen molar-refractivity contribution in [2.75, 3.05) is 50.2 Å². The van der Waals surface area contributed by atoms with Gasteiger partial charge in [0.25, 0.3) is 0 Å². The van der Waals surface area contributed by atoms with E-state index < -0.39 is 18.1 Å². The van der Waals surface area contributed by atoms with Crippen molar-refractivity contribution in [2.45, 2.75) is 50.7 Å². The lowest BCUT2D eigenvalue weighted by atomic mass is 10.1. The summed E-state index contributed by atoms with van der Waals surface area (Å²) in [6.07, 6.45) is 2.98. The number of amides is 1. The highest BCUT2D eigenvalue weighted by molar-refractivity contribution is 5.77. The van der Waals surface area contributed by atoms with Gasteiger partial charge in [-0.3, -0.25) is 0 Å². The number of carboxylic acid groups (broad SMARTS) is 1. The van der Waals surface area contributed by atoms with Crippen LogP contribution in [0, 0.1) is 0 Å². The fourth-order valence-electron chi connectivity index (χ4n) is 4.77. The number of aliphatic carboxylic acids is 1. The Kier molecular flexibility index (Phi) is 10.5. The predicted octanol–water partition coefficient (Wildman–Crippen LogP) is 4.11. The molecule has 4 rings (SSSR count). The summed E-state index contributed by atoms with van der Waals surface area (Å²) < 4.78 is 5.25. The molecule has 3 atom stereocenters. The second-order valence-corrected chi connectivity index (χ2v) is 10.7. The Bertz CT molecular complexity index is 1320. The minimum atomic E-state index is -1.05. The molecule has 0 bridgehead atoms. The zero-order valence-corrected chi connectivity index (χ0v) is 24.6. The third-order valence-electron chi connectivity index (χ3n) is 7.25. The molecule has 2 aromatic carbocycles. The van der Waals surface area contributed by atoms with Crippen LogP contribution in [0.4, 0.5) is 22.6 Å². The van der Waals surface area contributed by atoms with E-state index in [1.165, 1.54) is 17.7 Å². The molecule has 2 unspecified atom stereocenters. The van der Waals surface area contributed by atoms with Gasteiger partial charge in [-0.25, -0.2) is 9.59 Å². The van der Waals surface area contributed by atoms with Crippen LogP contribution in [0.5, 0.6) is 5.75 Å². The monoisotopic (exact) mass is 576 g/mol. The van der Waals surface area contributed by atoms with Gasteiger partial charge < -0.3 is 35.6 Å². The SMILES string of the molecule is CC(Nc1nc(NCCC2CCCN2C)nc(N[C@@H](Cc2ccc(OC(=O)N(C)C)cc2)C(=O)O)n1)c1ccccc1. The third kappa shape index (κ3) is 8.77. The second kappa shape index (κ2) is 14.4. The van der Waals surface area contributed by atoms with Gasteiger partial charge in [-0.05, 0) is 63.0 Å². The summed E-state index contributed by atoms with van der Waals surface area (Å²) in [4.78, 5) is 41.3. The largest absolute Gasteiger partial charge is 0.480 e. The molecule has 4 N–H and O–H groups in total. The number of nitrogens with one attached hydrogen (secondary N) is 3. The number of benzene rings is 2. The van der Waals surface area contributed by atoms with Crippen LogP contribution in [-0.2, 0) is 11.2 Å². The lowest BCUT2D eigenvalue weighted by Gasteiger charge is -2.20. The molecule has 224 valence electrons. The van der Waals surface area contributed by atoms with Crippen molar-refractivity contribution in [1.82, 2.24) is 24.8 Å². The number of carbonyl (C=O) groups excluding carboxylic acids is 1. The number of nitrogens with zero attached hydrogens (tertiary/aromatic N) is 5. The lowest BCUT2D eigenvalue weighted by Crippen LogP contribution is -2.32. The van der Waals surface area contributed by atoms with Crippen molar-refractivity contribution in [1.29, 1.82) is 0 Å². The van der Waals surface area contributed by atoms with Crippen LogP contribution in [0.2, 0.25) is 0 Å². The predicted molar refractivity (Wildman–Crippen MR) is 162 cm³/mol. The highest BCUT2D eigenvalue weighted by Gasteiger charge is 2.22. The molecule has 2 heterocycles. The van der Waals surface area contributed by atoms with E-state index in [1.54, 1.807) is 38.4 Å². The van der Waals surface area contributed by atoms with Gasteiger partial charge in [-0.15, -0.1) is 0 Å².